The highest BCUT2D eigenvalue weighted by Gasteiger charge is 2.18. The fourth-order valence-corrected chi connectivity index (χ4v) is 1.54. The molecule has 1 amide bonds. The minimum atomic E-state index is -0.508. The van der Waals surface area contributed by atoms with E-state index in [0.29, 0.717) is 5.56 Å². The number of amides is 1. The van der Waals surface area contributed by atoms with E-state index < -0.39 is 4.92 Å². The number of aliphatic hydroxyl groups is 1. The smallest absolute Gasteiger partial charge is 0.273 e. The molecule has 6 nitrogen and oxygen atoms in total. The molecule has 2 atom stereocenters. The highest BCUT2D eigenvalue weighted by atomic mass is 16.6. The van der Waals surface area contributed by atoms with Crippen LogP contribution in [0.15, 0.2) is 18.2 Å². The molecule has 0 aliphatic carbocycles. The maximum Gasteiger partial charge on any atom is 0.273 e. The number of rotatable bonds is 5. The van der Waals surface area contributed by atoms with Crippen LogP contribution in [0.3, 0.4) is 0 Å². The van der Waals surface area contributed by atoms with Gasteiger partial charge in [0.15, 0.2) is 0 Å². The topological polar surface area (TPSA) is 92.5 Å². The first-order valence-electron chi connectivity index (χ1n) is 6.03. The fraction of sp³-hybridized carbons (Fsp3) is 0.462. The molecule has 0 radical (unpaired) electrons. The van der Waals surface area contributed by atoms with Crippen LogP contribution in [-0.2, 0) is 0 Å². The largest absolute Gasteiger partial charge is 0.396 e. The van der Waals surface area contributed by atoms with Gasteiger partial charge in [-0.15, -0.1) is 0 Å². The predicted octanol–water partition coefficient (Wildman–Crippen LogP) is 1.65. The summed E-state index contributed by atoms with van der Waals surface area (Å²) in [7, 11) is 0. The van der Waals surface area contributed by atoms with Gasteiger partial charge in [0, 0.05) is 29.8 Å². The Balaban J connectivity index is 2.89. The van der Waals surface area contributed by atoms with Crippen molar-refractivity contribution in [3.8, 4) is 0 Å². The summed E-state index contributed by atoms with van der Waals surface area (Å²) in [6, 6.07) is 4.15. The van der Waals surface area contributed by atoms with Crippen LogP contribution in [-0.4, -0.2) is 28.6 Å². The third-order valence-electron chi connectivity index (χ3n) is 3.17. The van der Waals surface area contributed by atoms with Crippen LogP contribution in [0, 0.1) is 23.0 Å². The molecule has 1 rings (SSSR count). The third-order valence-corrected chi connectivity index (χ3v) is 3.17. The zero-order valence-corrected chi connectivity index (χ0v) is 11.2. The molecule has 0 aliphatic rings. The van der Waals surface area contributed by atoms with Crippen molar-refractivity contribution in [1.29, 1.82) is 0 Å². The van der Waals surface area contributed by atoms with Crippen molar-refractivity contribution < 1.29 is 14.8 Å². The van der Waals surface area contributed by atoms with Gasteiger partial charge in [0.2, 0.25) is 0 Å². The van der Waals surface area contributed by atoms with Gasteiger partial charge in [0.1, 0.15) is 0 Å². The highest BCUT2D eigenvalue weighted by Crippen LogP contribution is 2.19. The Morgan fingerprint density at radius 3 is 2.63 bits per heavy atom. The second kappa shape index (κ2) is 6.29. The van der Waals surface area contributed by atoms with Gasteiger partial charge in [-0.05, 0) is 25.8 Å². The molecule has 0 saturated carbocycles. The first-order chi connectivity index (χ1) is 8.86. The van der Waals surface area contributed by atoms with Crippen LogP contribution < -0.4 is 5.32 Å². The molecule has 1 aromatic rings. The van der Waals surface area contributed by atoms with E-state index in [1.54, 1.807) is 26.0 Å². The lowest BCUT2D eigenvalue weighted by Gasteiger charge is -2.19. The summed E-state index contributed by atoms with van der Waals surface area (Å²) in [6.07, 6.45) is 0. The van der Waals surface area contributed by atoms with Crippen LogP contribution >= 0.6 is 0 Å². The number of carbonyl (C=O) groups excluding carboxylic acids is 1. The van der Waals surface area contributed by atoms with Gasteiger partial charge >= 0.3 is 0 Å². The van der Waals surface area contributed by atoms with Crippen LogP contribution in [0.5, 0.6) is 0 Å². The lowest BCUT2D eigenvalue weighted by Crippen LogP contribution is -2.38. The Kier molecular flexibility index (Phi) is 5.00. The first-order valence-corrected chi connectivity index (χ1v) is 6.03. The van der Waals surface area contributed by atoms with Gasteiger partial charge < -0.3 is 10.4 Å². The lowest BCUT2D eigenvalue weighted by molar-refractivity contribution is -0.385. The monoisotopic (exact) mass is 266 g/mol. The average molecular weight is 266 g/mol. The molecule has 104 valence electrons. The molecular weight excluding hydrogens is 248 g/mol. The molecule has 2 unspecified atom stereocenters. The molecule has 0 spiro atoms. The van der Waals surface area contributed by atoms with E-state index in [9.17, 15) is 14.9 Å². The minimum absolute atomic E-state index is 0.0322. The van der Waals surface area contributed by atoms with E-state index in [0.717, 1.165) is 0 Å². The molecule has 0 heterocycles. The van der Waals surface area contributed by atoms with E-state index in [2.05, 4.69) is 5.32 Å². The number of nitrogens with one attached hydrogen (secondary N) is 1. The number of nitro groups is 1. The standard InChI is InChI=1S/C13H18N2O4/c1-8-4-5-11(6-12(8)15(18)19)13(17)14-10(3)9(2)7-16/h4-6,9-10,16H,7H2,1-3H3,(H,14,17). The first kappa shape index (κ1) is 15.1. The molecule has 0 aromatic heterocycles. The Morgan fingerprint density at radius 2 is 2.11 bits per heavy atom. The van der Waals surface area contributed by atoms with Crippen molar-refractivity contribution in [2.24, 2.45) is 5.92 Å². The molecular formula is C13H18N2O4. The van der Waals surface area contributed by atoms with Gasteiger partial charge in [-0.25, -0.2) is 0 Å². The average Bonchev–Trinajstić information content (AvgIpc) is 2.37. The zero-order chi connectivity index (χ0) is 14.6. The van der Waals surface area contributed by atoms with Crippen molar-refractivity contribution in [2.45, 2.75) is 26.8 Å². The van der Waals surface area contributed by atoms with Gasteiger partial charge in [-0.1, -0.05) is 13.0 Å². The summed E-state index contributed by atoms with van der Waals surface area (Å²) in [5.74, 6) is -0.458. The molecule has 2 N–H and O–H groups in total. The maximum absolute atomic E-state index is 11.9. The van der Waals surface area contributed by atoms with Gasteiger partial charge in [-0.2, -0.15) is 0 Å². The number of hydrogen-bond acceptors (Lipinski definition) is 4. The third kappa shape index (κ3) is 3.75. The number of hydrogen-bond donors (Lipinski definition) is 2. The summed E-state index contributed by atoms with van der Waals surface area (Å²) in [5.41, 5.74) is 0.683. The lowest BCUT2D eigenvalue weighted by atomic mass is 10.0. The van der Waals surface area contributed by atoms with Crippen LogP contribution in [0.2, 0.25) is 0 Å². The van der Waals surface area contributed by atoms with Crippen molar-refractivity contribution >= 4 is 11.6 Å². The molecule has 1 aromatic carbocycles. The highest BCUT2D eigenvalue weighted by molar-refractivity contribution is 5.95. The molecule has 0 fully saturated rings. The summed E-state index contributed by atoms with van der Waals surface area (Å²) in [4.78, 5) is 22.3. The molecule has 0 saturated heterocycles. The molecule has 0 bridgehead atoms. The molecule has 6 heteroatoms. The predicted molar refractivity (Wildman–Crippen MR) is 71.0 cm³/mol. The summed E-state index contributed by atoms with van der Waals surface area (Å²) < 4.78 is 0. The summed E-state index contributed by atoms with van der Waals surface area (Å²) in [5, 5.41) is 22.5. The van der Waals surface area contributed by atoms with E-state index in [1.807, 2.05) is 6.92 Å². The van der Waals surface area contributed by atoms with Crippen molar-refractivity contribution in [1.82, 2.24) is 5.32 Å². The van der Waals surface area contributed by atoms with Crippen LogP contribution in [0.1, 0.15) is 29.8 Å². The van der Waals surface area contributed by atoms with Gasteiger partial charge in [0.05, 0.1) is 4.92 Å². The SMILES string of the molecule is Cc1ccc(C(=O)NC(C)C(C)CO)cc1[N+](=O)[O-]. The summed E-state index contributed by atoms with van der Waals surface area (Å²) >= 11 is 0. The number of carbonyl (C=O) groups is 1. The Morgan fingerprint density at radius 1 is 1.47 bits per heavy atom. The van der Waals surface area contributed by atoms with Crippen molar-refractivity contribution in [3.63, 3.8) is 0 Å². The second-order valence-electron chi connectivity index (χ2n) is 4.68. The number of nitro benzene ring substituents is 1. The Bertz CT molecular complexity index is 488. The van der Waals surface area contributed by atoms with E-state index in [4.69, 9.17) is 5.11 Å². The van der Waals surface area contributed by atoms with E-state index in [-0.39, 0.29) is 35.7 Å². The number of aliphatic hydroxyl groups excluding tert-OH is 1. The number of nitrogens with zero attached hydrogens (tertiary/aromatic N) is 1. The molecule has 19 heavy (non-hydrogen) atoms. The van der Waals surface area contributed by atoms with Gasteiger partial charge in [-0.3, -0.25) is 14.9 Å². The van der Waals surface area contributed by atoms with Crippen LogP contribution in [0.4, 0.5) is 5.69 Å². The minimum Gasteiger partial charge on any atom is -0.396 e. The van der Waals surface area contributed by atoms with Crippen molar-refractivity contribution in [3.05, 3.63) is 39.4 Å². The van der Waals surface area contributed by atoms with Crippen LogP contribution in [0.25, 0.3) is 0 Å². The maximum atomic E-state index is 11.9. The Labute approximate surface area is 111 Å². The number of aryl methyl sites for hydroxylation is 1. The number of benzene rings is 1. The quantitative estimate of drug-likeness (QED) is 0.626. The Hall–Kier alpha value is -1.95. The second-order valence-corrected chi connectivity index (χ2v) is 4.68. The molecule has 0 aliphatic heterocycles. The van der Waals surface area contributed by atoms with Gasteiger partial charge in [0.25, 0.3) is 11.6 Å². The van der Waals surface area contributed by atoms with Crippen molar-refractivity contribution in [2.75, 3.05) is 6.61 Å². The normalized spacial score (nSPS) is 13.7. The van der Waals surface area contributed by atoms with E-state index >= 15 is 0 Å². The fourth-order valence-electron chi connectivity index (χ4n) is 1.54. The zero-order valence-electron chi connectivity index (χ0n) is 11.2. The summed E-state index contributed by atoms with van der Waals surface area (Å²) in [6.45, 7) is 5.18. The van der Waals surface area contributed by atoms with E-state index in [1.165, 1.54) is 6.07 Å².